The number of ether oxygens (including phenoxy) is 4. The third-order valence-electron chi connectivity index (χ3n) is 4.57. The Balaban J connectivity index is 2.12. The zero-order valence-electron chi connectivity index (χ0n) is 16.5. The van der Waals surface area contributed by atoms with E-state index in [4.69, 9.17) is 23.9 Å². The predicted octanol–water partition coefficient (Wildman–Crippen LogP) is 3.73. The van der Waals surface area contributed by atoms with Crippen molar-refractivity contribution in [1.29, 1.82) is 0 Å². The molecule has 0 amide bonds. The third kappa shape index (κ3) is 3.30. The van der Waals surface area contributed by atoms with Crippen LogP contribution in [0.4, 0.5) is 0 Å². The number of benzene rings is 1. The fraction of sp³-hybridized carbons (Fsp3) is 0.286. The second kappa shape index (κ2) is 7.61. The molecule has 6 nitrogen and oxygen atoms in total. The molecule has 0 spiro atoms. The first-order valence-electron chi connectivity index (χ1n) is 8.51. The van der Waals surface area contributed by atoms with Gasteiger partial charge in [-0.1, -0.05) is 0 Å². The molecule has 0 aliphatic carbocycles. The first kappa shape index (κ1) is 18.6. The van der Waals surface area contributed by atoms with Crippen molar-refractivity contribution in [3.8, 4) is 17.2 Å². The van der Waals surface area contributed by atoms with Crippen molar-refractivity contribution in [2.45, 2.75) is 6.92 Å². The first-order valence-corrected chi connectivity index (χ1v) is 8.51. The monoisotopic (exact) mass is 368 g/mol. The van der Waals surface area contributed by atoms with Crippen molar-refractivity contribution in [3.05, 3.63) is 58.7 Å². The Hall–Kier alpha value is -3.15. The molecule has 0 saturated carbocycles. The quantitative estimate of drug-likeness (QED) is 0.780. The van der Waals surface area contributed by atoms with E-state index in [0.717, 1.165) is 22.7 Å². The smallest absolute Gasteiger partial charge is 0.203 e. The zero-order valence-corrected chi connectivity index (χ0v) is 16.5. The van der Waals surface area contributed by atoms with Gasteiger partial charge in [-0.05, 0) is 36.8 Å². The molecule has 0 N–H and O–H groups in total. The lowest BCUT2D eigenvalue weighted by molar-refractivity contribution is 0.303. The van der Waals surface area contributed by atoms with Gasteiger partial charge in [0.25, 0.3) is 0 Å². The molecule has 0 radical (unpaired) electrons. The van der Waals surface area contributed by atoms with E-state index in [0.29, 0.717) is 23.0 Å². The maximum Gasteiger partial charge on any atom is 0.203 e. The van der Waals surface area contributed by atoms with E-state index in [1.807, 2.05) is 37.5 Å². The standard InChI is InChI=1S/C21H24N2O4/c1-13-9-10-23(2)17(13)11-16-19(25-4)12-15(22-16)14-7-8-18(24-3)21(27-6)20(14)26-5/h7-12H,1-6H3/b16-11-. The highest BCUT2D eigenvalue weighted by atomic mass is 16.5. The molecule has 1 aliphatic rings. The van der Waals surface area contributed by atoms with Crippen molar-refractivity contribution in [3.63, 3.8) is 0 Å². The molecule has 3 rings (SSSR count). The molecule has 0 fully saturated rings. The topological polar surface area (TPSA) is 54.2 Å². The maximum atomic E-state index is 5.59. The molecule has 0 saturated heterocycles. The van der Waals surface area contributed by atoms with Crippen LogP contribution in [0.15, 0.2) is 46.9 Å². The van der Waals surface area contributed by atoms with Gasteiger partial charge in [-0.15, -0.1) is 0 Å². The molecule has 1 aromatic heterocycles. The Morgan fingerprint density at radius 2 is 1.67 bits per heavy atom. The number of aliphatic imine (C=N–C) groups is 1. The number of aryl methyl sites for hydroxylation is 2. The minimum Gasteiger partial charge on any atom is -0.494 e. The Labute approximate surface area is 159 Å². The van der Waals surface area contributed by atoms with Gasteiger partial charge in [0.05, 0.1) is 34.2 Å². The average molecular weight is 368 g/mol. The second-order valence-corrected chi connectivity index (χ2v) is 6.12. The number of hydrogen-bond donors (Lipinski definition) is 0. The maximum absolute atomic E-state index is 5.59. The number of aromatic nitrogens is 1. The van der Waals surface area contributed by atoms with Crippen LogP contribution in [0.3, 0.4) is 0 Å². The summed E-state index contributed by atoms with van der Waals surface area (Å²) in [5.74, 6) is 2.40. The molecule has 142 valence electrons. The fourth-order valence-corrected chi connectivity index (χ4v) is 3.14. The molecule has 1 aromatic carbocycles. The number of allylic oxidation sites excluding steroid dienone is 1. The lowest BCUT2D eigenvalue weighted by Crippen LogP contribution is -2.03. The van der Waals surface area contributed by atoms with Gasteiger partial charge in [0.15, 0.2) is 11.5 Å². The number of methoxy groups -OCH3 is 4. The van der Waals surface area contributed by atoms with E-state index in [-0.39, 0.29) is 0 Å². The molecule has 2 aromatic rings. The summed E-state index contributed by atoms with van der Waals surface area (Å²) in [4.78, 5) is 4.78. The molecular weight excluding hydrogens is 344 g/mol. The number of rotatable bonds is 6. The van der Waals surface area contributed by atoms with E-state index < -0.39 is 0 Å². The Kier molecular flexibility index (Phi) is 5.26. The first-order chi connectivity index (χ1) is 13.0. The largest absolute Gasteiger partial charge is 0.494 e. The van der Waals surface area contributed by atoms with Crippen LogP contribution in [0.2, 0.25) is 0 Å². The van der Waals surface area contributed by atoms with E-state index in [2.05, 4.69) is 17.6 Å². The van der Waals surface area contributed by atoms with Crippen LogP contribution < -0.4 is 14.2 Å². The Morgan fingerprint density at radius 1 is 0.926 bits per heavy atom. The van der Waals surface area contributed by atoms with E-state index in [1.165, 1.54) is 5.56 Å². The average Bonchev–Trinajstić information content (AvgIpc) is 3.24. The van der Waals surface area contributed by atoms with Gasteiger partial charge in [0, 0.05) is 30.6 Å². The van der Waals surface area contributed by atoms with Gasteiger partial charge in [-0.25, -0.2) is 4.99 Å². The lowest BCUT2D eigenvalue weighted by atomic mass is 10.1. The van der Waals surface area contributed by atoms with Crippen molar-refractivity contribution in [1.82, 2.24) is 4.57 Å². The van der Waals surface area contributed by atoms with Crippen LogP contribution in [-0.4, -0.2) is 38.7 Å². The Bertz CT molecular complexity index is 932. The van der Waals surface area contributed by atoms with Gasteiger partial charge >= 0.3 is 0 Å². The third-order valence-corrected chi connectivity index (χ3v) is 4.57. The summed E-state index contributed by atoms with van der Waals surface area (Å²) < 4.78 is 24.0. The summed E-state index contributed by atoms with van der Waals surface area (Å²) in [5.41, 5.74) is 4.55. The summed E-state index contributed by atoms with van der Waals surface area (Å²) in [5, 5.41) is 0. The lowest BCUT2D eigenvalue weighted by Gasteiger charge is -2.15. The van der Waals surface area contributed by atoms with E-state index >= 15 is 0 Å². The van der Waals surface area contributed by atoms with Crippen molar-refractivity contribution in [2.24, 2.45) is 12.0 Å². The molecule has 0 atom stereocenters. The normalized spacial score (nSPS) is 14.8. The number of hydrogen-bond acceptors (Lipinski definition) is 5. The molecule has 1 aliphatic heterocycles. The highest BCUT2D eigenvalue weighted by Gasteiger charge is 2.23. The minimum atomic E-state index is 0.531. The van der Waals surface area contributed by atoms with Crippen LogP contribution in [0.25, 0.3) is 6.08 Å². The highest BCUT2D eigenvalue weighted by Crippen LogP contribution is 2.41. The van der Waals surface area contributed by atoms with Crippen molar-refractivity contribution < 1.29 is 18.9 Å². The van der Waals surface area contributed by atoms with E-state index in [1.54, 1.807) is 28.4 Å². The summed E-state index contributed by atoms with van der Waals surface area (Å²) in [7, 11) is 8.42. The van der Waals surface area contributed by atoms with Gasteiger partial charge in [-0.3, -0.25) is 0 Å². The summed E-state index contributed by atoms with van der Waals surface area (Å²) in [6.07, 6.45) is 5.94. The van der Waals surface area contributed by atoms with Crippen LogP contribution >= 0.6 is 0 Å². The van der Waals surface area contributed by atoms with Crippen LogP contribution in [0.5, 0.6) is 17.2 Å². The zero-order chi connectivity index (χ0) is 19.6. The van der Waals surface area contributed by atoms with Gasteiger partial charge < -0.3 is 23.5 Å². The SMILES string of the molecule is COC1=CC(c2ccc(OC)c(OC)c2OC)=N/C1=C\c1c(C)ccn1C. The van der Waals surface area contributed by atoms with Crippen LogP contribution in [0, 0.1) is 6.92 Å². The molecule has 2 heterocycles. The molecular formula is C21H24N2O4. The predicted molar refractivity (Wildman–Crippen MR) is 106 cm³/mol. The van der Waals surface area contributed by atoms with E-state index in [9.17, 15) is 0 Å². The van der Waals surface area contributed by atoms with Gasteiger partial charge in [0.2, 0.25) is 5.75 Å². The molecule has 27 heavy (non-hydrogen) atoms. The van der Waals surface area contributed by atoms with Gasteiger partial charge in [0.1, 0.15) is 11.5 Å². The summed E-state index contributed by atoms with van der Waals surface area (Å²) in [6.45, 7) is 2.07. The molecule has 0 unspecified atom stereocenters. The number of nitrogens with zero attached hydrogens (tertiary/aromatic N) is 2. The molecule has 0 bridgehead atoms. The van der Waals surface area contributed by atoms with Gasteiger partial charge in [-0.2, -0.15) is 0 Å². The molecule has 6 heteroatoms. The summed E-state index contributed by atoms with van der Waals surface area (Å²) >= 11 is 0. The second-order valence-electron chi connectivity index (χ2n) is 6.12. The summed E-state index contributed by atoms with van der Waals surface area (Å²) in [6, 6.07) is 5.81. The fourth-order valence-electron chi connectivity index (χ4n) is 3.14. The van der Waals surface area contributed by atoms with Crippen molar-refractivity contribution >= 4 is 11.8 Å². The van der Waals surface area contributed by atoms with Crippen LogP contribution in [-0.2, 0) is 11.8 Å². The van der Waals surface area contributed by atoms with Crippen LogP contribution in [0.1, 0.15) is 16.8 Å². The Morgan fingerprint density at radius 3 is 2.22 bits per heavy atom. The highest BCUT2D eigenvalue weighted by molar-refractivity contribution is 6.14. The van der Waals surface area contributed by atoms with Crippen molar-refractivity contribution in [2.75, 3.05) is 28.4 Å². The minimum absolute atomic E-state index is 0.531.